The van der Waals surface area contributed by atoms with Crippen molar-refractivity contribution in [3.63, 3.8) is 0 Å². The lowest BCUT2D eigenvalue weighted by molar-refractivity contribution is -0.137. The van der Waals surface area contributed by atoms with E-state index in [9.17, 15) is 13.2 Å². The molecule has 0 spiro atoms. The van der Waals surface area contributed by atoms with Crippen LogP contribution >= 0.6 is 0 Å². The summed E-state index contributed by atoms with van der Waals surface area (Å²) < 4.78 is 41.0. The van der Waals surface area contributed by atoms with Crippen molar-refractivity contribution < 1.29 is 13.2 Å². The van der Waals surface area contributed by atoms with E-state index in [-0.39, 0.29) is 0 Å². The number of unbranched alkanes of at least 4 members (excludes halogenated alkanes) is 1. The van der Waals surface area contributed by atoms with Crippen LogP contribution in [-0.4, -0.2) is 28.7 Å². The number of alkyl halides is 3. The number of nitrogens with zero attached hydrogens (tertiary/aromatic N) is 2. The Hall–Kier alpha value is -2.60. The Balaban J connectivity index is 2.02. The molecular formula is C24H28F3N3. The number of benzene rings is 2. The molecule has 1 aromatic heterocycles. The molecule has 6 heteroatoms. The fraction of sp³-hybridized carbons (Fsp3) is 0.375. The maximum atomic E-state index is 13.7. The molecule has 0 aliphatic heterocycles. The van der Waals surface area contributed by atoms with E-state index in [2.05, 4.69) is 22.0 Å². The minimum atomic E-state index is -4.41. The molecule has 0 atom stereocenters. The molecule has 1 N–H and O–H groups in total. The zero-order valence-corrected chi connectivity index (χ0v) is 17.7. The van der Waals surface area contributed by atoms with Crippen LogP contribution < -0.4 is 0 Å². The van der Waals surface area contributed by atoms with Crippen molar-refractivity contribution in [1.29, 1.82) is 0 Å². The van der Waals surface area contributed by atoms with Gasteiger partial charge in [-0.15, -0.1) is 0 Å². The van der Waals surface area contributed by atoms with Crippen molar-refractivity contribution >= 4 is 0 Å². The second kappa shape index (κ2) is 9.47. The summed E-state index contributed by atoms with van der Waals surface area (Å²) >= 11 is 0. The number of H-pyrrole nitrogens is 1. The molecule has 0 radical (unpaired) electrons. The van der Waals surface area contributed by atoms with Crippen LogP contribution in [0.15, 0.2) is 48.7 Å². The first kappa shape index (κ1) is 22.1. The Labute approximate surface area is 175 Å². The average molecular weight is 416 g/mol. The van der Waals surface area contributed by atoms with Gasteiger partial charge in [-0.25, -0.2) is 0 Å². The van der Waals surface area contributed by atoms with Crippen molar-refractivity contribution in [3.05, 3.63) is 76.5 Å². The van der Waals surface area contributed by atoms with Crippen molar-refractivity contribution in [2.24, 2.45) is 0 Å². The number of halogens is 3. The summed E-state index contributed by atoms with van der Waals surface area (Å²) in [6.07, 6.45) is -0.0739. The smallest absolute Gasteiger partial charge is 0.302 e. The Bertz CT molecular complexity index is 962. The lowest BCUT2D eigenvalue weighted by atomic mass is 9.91. The molecule has 0 unspecified atom stereocenters. The van der Waals surface area contributed by atoms with Crippen LogP contribution in [-0.2, 0) is 19.1 Å². The number of nitrogens with one attached hydrogen (secondary N) is 1. The molecule has 3 nitrogen and oxygen atoms in total. The predicted molar refractivity (Wildman–Crippen MR) is 114 cm³/mol. The van der Waals surface area contributed by atoms with Crippen molar-refractivity contribution in [3.8, 4) is 11.3 Å². The molecule has 0 fully saturated rings. The summed E-state index contributed by atoms with van der Waals surface area (Å²) in [5.74, 6) is 0. The second-order valence-corrected chi connectivity index (χ2v) is 7.83. The Morgan fingerprint density at radius 2 is 1.80 bits per heavy atom. The van der Waals surface area contributed by atoms with Crippen LogP contribution in [0.3, 0.4) is 0 Å². The molecule has 30 heavy (non-hydrogen) atoms. The highest BCUT2D eigenvalue weighted by atomic mass is 19.4. The zero-order valence-electron chi connectivity index (χ0n) is 17.7. The van der Waals surface area contributed by atoms with Gasteiger partial charge in [0.2, 0.25) is 0 Å². The van der Waals surface area contributed by atoms with Gasteiger partial charge < -0.3 is 4.90 Å². The lowest BCUT2D eigenvalue weighted by Crippen LogP contribution is -2.19. The van der Waals surface area contributed by atoms with Crippen LogP contribution in [0.25, 0.3) is 11.3 Å². The minimum absolute atomic E-state index is 0.448. The van der Waals surface area contributed by atoms with E-state index in [1.165, 1.54) is 12.1 Å². The Morgan fingerprint density at radius 1 is 1.07 bits per heavy atom. The first-order valence-electron chi connectivity index (χ1n) is 10.3. The van der Waals surface area contributed by atoms with E-state index in [0.717, 1.165) is 36.1 Å². The molecule has 0 bridgehead atoms. The Morgan fingerprint density at radius 3 is 2.47 bits per heavy atom. The number of hydrogen-bond donors (Lipinski definition) is 1. The third-order valence-corrected chi connectivity index (χ3v) is 5.40. The highest BCUT2D eigenvalue weighted by Gasteiger charge is 2.32. The third-order valence-electron chi connectivity index (χ3n) is 5.40. The van der Waals surface area contributed by atoms with Gasteiger partial charge >= 0.3 is 6.18 Å². The van der Waals surface area contributed by atoms with E-state index in [0.29, 0.717) is 29.8 Å². The SMILES string of the molecule is CCCCN(C)Cc1cn[nH]c1-c1cc(C(F)(F)F)cc(Cc2ccccc2)c1C. The van der Waals surface area contributed by atoms with Gasteiger partial charge in [0.15, 0.2) is 0 Å². The standard InChI is InChI=1S/C24H28F3N3/c1-4-5-11-30(3)16-20-15-28-29-23(20)22-14-21(24(25,26)27)13-19(17(22)2)12-18-9-7-6-8-10-18/h6-10,13-15H,4-5,11-12,16H2,1-3H3,(H,28,29). The summed E-state index contributed by atoms with van der Waals surface area (Å²) in [5, 5.41) is 7.10. The van der Waals surface area contributed by atoms with Crippen molar-refractivity contribution in [2.45, 2.75) is 45.8 Å². The second-order valence-electron chi connectivity index (χ2n) is 7.83. The quantitative estimate of drug-likeness (QED) is 0.473. The highest BCUT2D eigenvalue weighted by molar-refractivity contribution is 5.69. The van der Waals surface area contributed by atoms with Gasteiger partial charge in [0.1, 0.15) is 0 Å². The molecule has 1 heterocycles. The van der Waals surface area contributed by atoms with Gasteiger partial charge in [-0.05, 0) is 62.2 Å². The van der Waals surface area contributed by atoms with E-state index in [4.69, 9.17) is 0 Å². The van der Waals surface area contributed by atoms with Gasteiger partial charge in [-0.3, -0.25) is 5.10 Å². The molecule has 2 aromatic carbocycles. The molecule has 160 valence electrons. The molecule has 0 saturated heterocycles. The summed E-state index contributed by atoms with van der Waals surface area (Å²) in [6.45, 7) is 5.59. The Kier molecular flexibility index (Phi) is 6.98. The zero-order chi connectivity index (χ0) is 21.7. The maximum absolute atomic E-state index is 13.7. The van der Waals surface area contributed by atoms with Crippen molar-refractivity contribution in [2.75, 3.05) is 13.6 Å². The van der Waals surface area contributed by atoms with Crippen molar-refractivity contribution in [1.82, 2.24) is 15.1 Å². The van der Waals surface area contributed by atoms with E-state index < -0.39 is 11.7 Å². The van der Waals surface area contributed by atoms with Gasteiger partial charge in [0.05, 0.1) is 17.5 Å². The van der Waals surface area contributed by atoms with Crippen LogP contribution in [0.4, 0.5) is 13.2 Å². The average Bonchev–Trinajstić information content (AvgIpc) is 3.15. The minimum Gasteiger partial charge on any atom is -0.302 e. The summed E-state index contributed by atoms with van der Waals surface area (Å²) in [7, 11) is 2.02. The molecule has 0 aliphatic rings. The lowest BCUT2D eigenvalue weighted by Gasteiger charge is -2.19. The fourth-order valence-electron chi connectivity index (χ4n) is 3.66. The number of aromatic amines is 1. The first-order chi connectivity index (χ1) is 14.3. The first-order valence-corrected chi connectivity index (χ1v) is 10.3. The molecular weight excluding hydrogens is 387 g/mol. The fourth-order valence-corrected chi connectivity index (χ4v) is 3.66. The van der Waals surface area contributed by atoms with Gasteiger partial charge in [-0.1, -0.05) is 43.7 Å². The van der Waals surface area contributed by atoms with E-state index in [1.807, 2.05) is 44.3 Å². The topological polar surface area (TPSA) is 31.9 Å². The summed E-state index contributed by atoms with van der Waals surface area (Å²) in [6, 6.07) is 12.1. The predicted octanol–water partition coefficient (Wildman–Crippen LogP) is 6.23. The summed E-state index contributed by atoms with van der Waals surface area (Å²) in [5.41, 5.74) is 3.99. The van der Waals surface area contributed by atoms with Gasteiger partial charge in [0.25, 0.3) is 0 Å². The van der Waals surface area contributed by atoms with Crippen LogP contribution in [0.1, 0.15) is 47.6 Å². The van der Waals surface area contributed by atoms with Crippen LogP contribution in [0, 0.1) is 6.92 Å². The van der Waals surface area contributed by atoms with Crippen LogP contribution in [0.2, 0.25) is 0 Å². The maximum Gasteiger partial charge on any atom is 0.416 e. The number of hydrogen-bond acceptors (Lipinski definition) is 2. The molecule has 3 rings (SSSR count). The normalized spacial score (nSPS) is 12.0. The largest absolute Gasteiger partial charge is 0.416 e. The highest BCUT2D eigenvalue weighted by Crippen LogP contribution is 2.37. The molecule has 0 amide bonds. The number of aromatic nitrogens is 2. The van der Waals surface area contributed by atoms with Gasteiger partial charge in [0, 0.05) is 17.7 Å². The van der Waals surface area contributed by atoms with E-state index in [1.54, 1.807) is 6.20 Å². The van der Waals surface area contributed by atoms with Gasteiger partial charge in [-0.2, -0.15) is 18.3 Å². The molecule has 0 aliphatic carbocycles. The monoisotopic (exact) mass is 415 g/mol. The molecule has 0 saturated carbocycles. The number of rotatable bonds is 8. The molecule has 3 aromatic rings. The van der Waals surface area contributed by atoms with E-state index >= 15 is 0 Å². The third kappa shape index (κ3) is 5.30. The summed E-state index contributed by atoms with van der Waals surface area (Å²) in [4.78, 5) is 2.17. The van der Waals surface area contributed by atoms with Crippen LogP contribution in [0.5, 0.6) is 0 Å².